The summed E-state index contributed by atoms with van der Waals surface area (Å²) in [6.07, 6.45) is -0.169. The second-order valence-corrected chi connectivity index (χ2v) is 5.13. The Balaban J connectivity index is 2.09. The lowest BCUT2D eigenvalue weighted by Gasteiger charge is -2.22. The second-order valence-electron chi connectivity index (χ2n) is 5.13. The van der Waals surface area contributed by atoms with Crippen LogP contribution < -0.4 is 0 Å². The molecule has 0 aromatic heterocycles. The van der Waals surface area contributed by atoms with Crippen LogP contribution in [0.1, 0.15) is 31.7 Å². The molecule has 0 aliphatic carbocycles. The second kappa shape index (κ2) is 5.87. The summed E-state index contributed by atoms with van der Waals surface area (Å²) in [4.78, 5) is 24.8. The Kier molecular flexibility index (Phi) is 4.20. The number of ether oxygens (including phenoxy) is 1. The number of hydrogen-bond donors (Lipinski definition) is 0. The fourth-order valence-electron chi connectivity index (χ4n) is 2.36. The Labute approximate surface area is 113 Å². The zero-order valence-corrected chi connectivity index (χ0v) is 11.3. The molecule has 0 bridgehead atoms. The first kappa shape index (κ1) is 13.6. The third-order valence-electron chi connectivity index (χ3n) is 3.49. The first-order chi connectivity index (χ1) is 9.09. The molecule has 1 saturated heterocycles. The summed E-state index contributed by atoms with van der Waals surface area (Å²) in [5, 5.41) is 0. The van der Waals surface area contributed by atoms with E-state index in [9.17, 15) is 9.59 Å². The van der Waals surface area contributed by atoms with Crippen LogP contribution in [0.4, 0.5) is 4.79 Å². The molecule has 1 aliphatic heterocycles. The molecule has 1 fully saturated rings. The molecule has 1 heterocycles. The molecule has 1 aromatic carbocycles. The van der Waals surface area contributed by atoms with Crippen molar-refractivity contribution < 1.29 is 14.3 Å². The number of carbonyl (C=O) groups excluding carboxylic acids is 2. The molecule has 0 N–H and O–H groups in total. The van der Waals surface area contributed by atoms with Crippen molar-refractivity contribution in [1.29, 1.82) is 0 Å². The average Bonchev–Trinajstić information content (AvgIpc) is 2.82. The maximum atomic E-state index is 12.2. The van der Waals surface area contributed by atoms with Crippen LogP contribution >= 0.6 is 0 Å². The summed E-state index contributed by atoms with van der Waals surface area (Å²) in [6.45, 7) is 4.86. The topological polar surface area (TPSA) is 46.6 Å². The lowest BCUT2D eigenvalue weighted by Crippen LogP contribution is -2.33. The third kappa shape index (κ3) is 3.13. The highest BCUT2D eigenvalue weighted by Crippen LogP contribution is 2.28. The Hall–Kier alpha value is -1.84. The van der Waals surface area contributed by atoms with Crippen molar-refractivity contribution in [3.05, 3.63) is 35.9 Å². The van der Waals surface area contributed by atoms with E-state index in [0.717, 1.165) is 5.56 Å². The van der Waals surface area contributed by atoms with Gasteiger partial charge in [0.05, 0.1) is 6.54 Å². The highest BCUT2D eigenvalue weighted by atomic mass is 16.6. The zero-order chi connectivity index (χ0) is 13.8. The van der Waals surface area contributed by atoms with Gasteiger partial charge in [-0.05, 0) is 17.4 Å². The summed E-state index contributed by atoms with van der Waals surface area (Å²) in [5.74, 6) is 0.317. The number of hydrogen-bond acceptors (Lipinski definition) is 3. The number of nitrogens with zero attached hydrogens (tertiary/aromatic N) is 1. The van der Waals surface area contributed by atoms with Crippen LogP contribution in [0.2, 0.25) is 0 Å². The van der Waals surface area contributed by atoms with Gasteiger partial charge in [-0.25, -0.2) is 9.69 Å². The van der Waals surface area contributed by atoms with Crippen molar-refractivity contribution in [1.82, 2.24) is 4.90 Å². The van der Waals surface area contributed by atoms with Crippen LogP contribution in [0.15, 0.2) is 30.3 Å². The van der Waals surface area contributed by atoms with Gasteiger partial charge in [0.1, 0.15) is 6.61 Å². The first-order valence-electron chi connectivity index (χ1n) is 6.61. The van der Waals surface area contributed by atoms with Crippen LogP contribution in [0, 0.1) is 5.92 Å². The summed E-state index contributed by atoms with van der Waals surface area (Å²) in [5.41, 5.74) is 1.14. The van der Waals surface area contributed by atoms with E-state index in [1.54, 1.807) is 0 Å². The number of rotatable bonds is 4. The molecule has 102 valence electrons. The molecule has 19 heavy (non-hydrogen) atoms. The molecule has 1 aromatic rings. The summed E-state index contributed by atoms with van der Waals surface area (Å²) < 4.78 is 4.80. The van der Waals surface area contributed by atoms with Crippen LogP contribution in [0.25, 0.3) is 0 Å². The molecular weight excluding hydrogens is 242 g/mol. The van der Waals surface area contributed by atoms with Gasteiger partial charge in [0.25, 0.3) is 0 Å². The van der Waals surface area contributed by atoms with Crippen molar-refractivity contribution in [2.75, 3.05) is 13.2 Å². The van der Waals surface area contributed by atoms with Crippen molar-refractivity contribution >= 4 is 12.0 Å². The molecule has 2 amide bonds. The molecule has 4 heteroatoms. The van der Waals surface area contributed by atoms with Gasteiger partial charge >= 0.3 is 6.09 Å². The van der Waals surface area contributed by atoms with E-state index in [1.165, 1.54) is 4.90 Å². The van der Waals surface area contributed by atoms with Crippen LogP contribution in [-0.4, -0.2) is 30.1 Å². The van der Waals surface area contributed by atoms with Crippen molar-refractivity contribution in [3.63, 3.8) is 0 Å². The first-order valence-corrected chi connectivity index (χ1v) is 6.61. The lowest BCUT2D eigenvalue weighted by atomic mass is 9.85. The maximum Gasteiger partial charge on any atom is 0.416 e. The van der Waals surface area contributed by atoms with E-state index < -0.39 is 6.09 Å². The number of cyclic esters (lactones) is 1. The molecule has 4 nitrogen and oxygen atoms in total. The molecule has 2 rings (SSSR count). The van der Waals surface area contributed by atoms with Crippen molar-refractivity contribution in [2.45, 2.75) is 26.2 Å². The predicted molar refractivity (Wildman–Crippen MR) is 71.7 cm³/mol. The van der Waals surface area contributed by atoms with Crippen LogP contribution in [0.5, 0.6) is 0 Å². The Morgan fingerprint density at radius 1 is 1.32 bits per heavy atom. The van der Waals surface area contributed by atoms with Crippen LogP contribution in [-0.2, 0) is 9.53 Å². The Bertz CT molecular complexity index is 456. The minimum Gasteiger partial charge on any atom is -0.447 e. The summed E-state index contributed by atoms with van der Waals surface area (Å²) in [6, 6.07) is 9.96. The van der Waals surface area contributed by atoms with Gasteiger partial charge in [-0.15, -0.1) is 0 Å². The molecule has 1 unspecified atom stereocenters. The molecule has 1 aliphatic rings. The van der Waals surface area contributed by atoms with Gasteiger partial charge in [-0.3, -0.25) is 4.79 Å². The highest BCUT2D eigenvalue weighted by Gasteiger charge is 2.30. The monoisotopic (exact) mass is 261 g/mol. The highest BCUT2D eigenvalue weighted by molar-refractivity contribution is 5.93. The minimum absolute atomic E-state index is 0.127. The number of benzene rings is 1. The standard InChI is InChI=1S/C15H19NO3/c1-11(2)13(12-6-4-3-5-7-12)10-14(17)16-8-9-19-15(16)18/h3-7,11,13H,8-10H2,1-2H3. The van der Waals surface area contributed by atoms with Gasteiger partial charge in [0.2, 0.25) is 5.91 Å². The van der Waals surface area contributed by atoms with Gasteiger partial charge in [-0.2, -0.15) is 0 Å². The van der Waals surface area contributed by atoms with Gasteiger partial charge < -0.3 is 4.74 Å². The largest absolute Gasteiger partial charge is 0.447 e. The van der Waals surface area contributed by atoms with Crippen molar-refractivity contribution in [2.24, 2.45) is 5.92 Å². The third-order valence-corrected chi connectivity index (χ3v) is 3.49. The van der Waals surface area contributed by atoms with E-state index in [2.05, 4.69) is 13.8 Å². The van der Waals surface area contributed by atoms with Crippen LogP contribution in [0.3, 0.4) is 0 Å². The smallest absolute Gasteiger partial charge is 0.416 e. The van der Waals surface area contributed by atoms with E-state index in [4.69, 9.17) is 4.74 Å². The summed E-state index contributed by atoms with van der Waals surface area (Å²) >= 11 is 0. The maximum absolute atomic E-state index is 12.2. The Morgan fingerprint density at radius 3 is 2.53 bits per heavy atom. The molecular formula is C15H19NO3. The van der Waals surface area contributed by atoms with Crippen molar-refractivity contribution in [3.8, 4) is 0 Å². The number of imide groups is 1. The van der Waals surface area contributed by atoms with E-state index in [1.807, 2.05) is 30.3 Å². The fraction of sp³-hybridized carbons (Fsp3) is 0.467. The molecule has 1 atom stereocenters. The quantitative estimate of drug-likeness (QED) is 0.837. The van der Waals surface area contributed by atoms with Gasteiger partial charge in [-0.1, -0.05) is 44.2 Å². The van der Waals surface area contributed by atoms with E-state index in [-0.39, 0.29) is 11.8 Å². The number of carbonyl (C=O) groups is 2. The summed E-state index contributed by atoms with van der Waals surface area (Å²) in [7, 11) is 0. The van der Waals surface area contributed by atoms with E-state index in [0.29, 0.717) is 25.5 Å². The predicted octanol–water partition coefficient (Wildman–Crippen LogP) is 2.80. The number of amides is 2. The van der Waals surface area contributed by atoms with Gasteiger partial charge in [0, 0.05) is 6.42 Å². The Morgan fingerprint density at radius 2 is 2.00 bits per heavy atom. The lowest BCUT2D eigenvalue weighted by molar-refractivity contribution is -0.128. The zero-order valence-electron chi connectivity index (χ0n) is 11.3. The fourth-order valence-corrected chi connectivity index (χ4v) is 2.36. The van der Waals surface area contributed by atoms with E-state index >= 15 is 0 Å². The molecule has 0 saturated carbocycles. The minimum atomic E-state index is -0.513. The molecule has 0 radical (unpaired) electrons. The molecule has 0 spiro atoms. The average molecular weight is 261 g/mol. The SMILES string of the molecule is CC(C)C(CC(=O)N1CCOC1=O)c1ccccc1. The normalized spacial score (nSPS) is 16.6. The van der Waals surface area contributed by atoms with Gasteiger partial charge in [0.15, 0.2) is 0 Å².